The fourth-order valence-electron chi connectivity index (χ4n) is 4.09. The van der Waals surface area contributed by atoms with Gasteiger partial charge in [-0.3, -0.25) is 0 Å². The second kappa shape index (κ2) is 9.63. The lowest BCUT2D eigenvalue weighted by molar-refractivity contribution is 0.143. The zero-order valence-electron chi connectivity index (χ0n) is 17.7. The number of hydrogen-bond donors (Lipinski definition) is 2. The Morgan fingerprint density at radius 1 is 1.03 bits per heavy atom. The van der Waals surface area contributed by atoms with Gasteiger partial charge in [0.15, 0.2) is 0 Å². The number of carbonyl (C=O) groups excluding carboxylic acids is 1. The van der Waals surface area contributed by atoms with E-state index < -0.39 is 6.09 Å². The number of rotatable bonds is 7. The van der Waals surface area contributed by atoms with Gasteiger partial charge in [-0.2, -0.15) is 0 Å². The summed E-state index contributed by atoms with van der Waals surface area (Å²) in [6, 6.07) is 22.6. The number of carbonyl (C=O) groups is 1. The highest BCUT2D eigenvalue weighted by molar-refractivity contribution is 5.79. The number of hydrogen-bond acceptors (Lipinski definition) is 3. The lowest BCUT2D eigenvalue weighted by Crippen LogP contribution is -2.26. The Kier molecular flexibility index (Phi) is 6.48. The standard InChI is InChI=1S/C27H27NO3/c1-19-13-14-20(16-21(19)17-29)8-6-7-15-28-27(30)31-18-26-24-11-4-2-9-22(24)23-10-3-5-12-25(23)26/h2-6,8-14,16,26,29H,7,15,17-18H2,1H3,(H,28,30). The second-order valence-corrected chi connectivity index (χ2v) is 7.79. The van der Waals surface area contributed by atoms with Gasteiger partial charge in [0.25, 0.3) is 0 Å². The molecule has 2 N–H and O–H groups in total. The van der Waals surface area contributed by atoms with Gasteiger partial charge in [0.05, 0.1) is 6.61 Å². The Morgan fingerprint density at radius 3 is 2.39 bits per heavy atom. The lowest BCUT2D eigenvalue weighted by Gasteiger charge is -2.14. The minimum absolute atomic E-state index is 0.0385. The highest BCUT2D eigenvalue weighted by Gasteiger charge is 2.28. The van der Waals surface area contributed by atoms with Gasteiger partial charge < -0.3 is 15.2 Å². The first-order valence-corrected chi connectivity index (χ1v) is 10.6. The average Bonchev–Trinajstić information content (AvgIpc) is 3.12. The fraction of sp³-hybridized carbons (Fsp3) is 0.222. The molecule has 0 saturated carbocycles. The molecule has 0 heterocycles. The van der Waals surface area contributed by atoms with Crippen LogP contribution in [0.3, 0.4) is 0 Å². The molecule has 158 valence electrons. The number of ether oxygens (including phenoxy) is 1. The van der Waals surface area contributed by atoms with E-state index in [-0.39, 0.29) is 12.5 Å². The number of fused-ring (bicyclic) bond motifs is 3. The van der Waals surface area contributed by atoms with Crippen molar-refractivity contribution in [1.29, 1.82) is 0 Å². The van der Waals surface area contributed by atoms with Crippen LogP contribution in [0.1, 0.15) is 40.2 Å². The third-order valence-corrected chi connectivity index (χ3v) is 5.78. The van der Waals surface area contributed by atoms with Crippen molar-refractivity contribution >= 4 is 12.2 Å². The molecule has 4 nitrogen and oxygen atoms in total. The number of aryl methyl sites for hydroxylation is 1. The van der Waals surface area contributed by atoms with Gasteiger partial charge in [0.1, 0.15) is 6.61 Å². The van der Waals surface area contributed by atoms with Crippen LogP contribution in [0.15, 0.2) is 72.8 Å². The molecule has 1 amide bonds. The maximum atomic E-state index is 12.2. The highest BCUT2D eigenvalue weighted by Crippen LogP contribution is 2.44. The molecule has 0 spiro atoms. The quantitative estimate of drug-likeness (QED) is 0.508. The number of aliphatic hydroxyl groups is 1. The maximum Gasteiger partial charge on any atom is 0.407 e. The van der Waals surface area contributed by atoms with E-state index in [2.05, 4.69) is 29.6 Å². The third kappa shape index (κ3) is 4.70. The van der Waals surface area contributed by atoms with E-state index in [1.54, 1.807) is 0 Å². The molecule has 3 aromatic rings. The number of aliphatic hydroxyl groups excluding tert-OH is 1. The first kappa shape index (κ1) is 20.9. The Balaban J connectivity index is 1.27. The molecule has 0 fully saturated rings. The molecule has 0 radical (unpaired) electrons. The lowest BCUT2D eigenvalue weighted by atomic mass is 9.98. The van der Waals surface area contributed by atoms with Crippen molar-refractivity contribution < 1.29 is 14.6 Å². The van der Waals surface area contributed by atoms with Crippen molar-refractivity contribution in [2.45, 2.75) is 25.9 Å². The van der Waals surface area contributed by atoms with Crippen molar-refractivity contribution in [3.05, 3.63) is 101 Å². The maximum absolute atomic E-state index is 12.2. The summed E-state index contributed by atoms with van der Waals surface area (Å²) in [5, 5.41) is 12.2. The molecule has 1 aliphatic rings. The third-order valence-electron chi connectivity index (χ3n) is 5.78. The molecular weight excluding hydrogens is 386 g/mol. The van der Waals surface area contributed by atoms with Crippen molar-refractivity contribution in [1.82, 2.24) is 5.32 Å². The summed E-state index contributed by atoms with van der Waals surface area (Å²) in [4.78, 5) is 12.2. The van der Waals surface area contributed by atoms with Crippen molar-refractivity contribution in [2.24, 2.45) is 0 Å². The zero-order valence-corrected chi connectivity index (χ0v) is 17.7. The van der Waals surface area contributed by atoms with Crippen LogP contribution >= 0.6 is 0 Å². The molecule has 4 rings (SSSR count). The van der Waals surface area contributed by atoms with Crippen LogP contribution in [0.25, 0.3) is 17.2 Å². The summed E-state index contributed by atoms with van der Waals surface area (Å²) < 4.78 is 5.55. The fourth-order valence-corrected chi connectivity index (χ4v) is 4.09. The number of benzene rings is 3. The number of alkyl carbamates (subject to hydrolysis) is 1. The summed E-state index contributed by atoms with van der Waals surface area (Å²) >= 11 is 0. The van der Waals surface area contributed by atoms with Crippen molar-refractivity contribution in [3.63, 3.8) is 0 Å². The van der Waals surface area contributed by atoms with Gasteiger partial charge in [0, 0.05) is 12.5 Å². The molecule has 0 atom stereocenters. The van der Waals surface area contributed by atoms with E-state index in [0.29, 0.717) is 19.6 Å². The van der Waals surface area contributed by atoms with Gasteiger partial charge >= 0.3 is 6.09 Å². The molecule has 0 bridgehead atoms. The first-order valence-electron chi connectivity index (χ1n) is 10.6. The van der Waals surface area contributed by atoms with Crippen LogP contribution < -0.4 is 5.32 Å². The SMILES string of the molecule is Cc1ccc(C=CCCNC(=O)OCC2c3ccccc3-c3ccccc32)cc1CO. The molecule has 0 aromatic heterocycles. The Bertz CT molecular complexity index is 1060. The Hall–Kier alpha value is -3.37. The zero-order chi connectivity index (χ0) is 21.6. The van der Waals surface area contributed by atoms with Gasteiger partial charge in [-0.15, -0.1) is 0 Å². The molecule has 31 heavy (non-hydrogen) atoms. The van der Waals surface area contributed by atoms with Crippen LogP contribution in [-0.2, 0) is 11.3 Å². The van der Waals surface area contributed by atoms with Crippen LogP contribution in [0.4, 0.5) is 4.79 Å². The minimum atomic E-state index is -0.395. The van der Waals surface area contributed by atoms with E-state index in [4.69, 9.17) is 4.74 Å². The Morgan fingerprint density at radius 2 is 1.71 bits per heavy atom. The molecule has 3 aromatic carbocycles. The van der Waals surface area contributed by atoms with Crippen LogP contribution in [-0.4, -0.2) is 24.4 Å². The number of nitrogens with one attached hydrogen (secondary N) is 1. The topological polar surface area (TPSA) is 58.6 Å². The summed E-state index contributed by atoms with van der Waals surface area (Å²) in [6.07, 6.45) is 4.31. The molecular formula is C27H27NO3. The van der Waals surface area contributed by atoms with Crippen LogP contribution in [0.2, 0.25) is 0 Å². The van der Waals surface area contributed by atoms with Crippen molar-refractivity contribution in [2.75, 3.05) is 13.2 Å². The predicted molar refractivity (Wildman–Crippen MR) is 124 cm³/mol. The molecule has 0 saturated heterocycles. The molecule has 1 aliphatic carbocycles. The highest BCUT2D eigenvalue weighted by atomic mass is 16.5. The second-order valence-electron chi connectivity index (χ2n) is 7.79. The average molecular weight is 414 g/mol. The van der Waals surface area contributed by atoms with E-state index in [0.717, 1.165) is 16.7 Å². The monoisotopic (exact) mass is 413 g/mol. The van der Waals surface area contributed by atoms with Gasteiger partial charge in [-0.25, -0.2) is 4.79 Å². The summed E-state index contributed by atoms with van der Waals surface area (Å²) in [5.41, 5.74) is 7.90. The largest absolute Gasteiger partial charge is 0.449 e. The minimum Gasteiger partial charge on any atom is -0.449 e. The number of amides is 1. The summed E-state index contributed by atoms with van der Waals surface area (Å²) in [5.74, 6) is 0.0697. The predicted octanol–water partition coefficient (Wildman–Crippen LogP) is 5.43. The van der Waals surface area contributed by atoms with Crippen molar-refractivity contribution in [3.8, 4) is 11.1 Å². The molecule has 0 unspecified atom stereocenters. The van der Waals surface area contributed by atoms with Gasteiger partial charge in [0.2, 0.25) is 0 Å². The van der Waals surface area contributed by atoms with Gasteiger partial charge in [-0.05, 0) is 58.4 Å². The Labute approximate surface area is 183 Å². The van der Waals surface area contributed by atoms with Gasteiger partial charge in [-0.1, -0.05) is 72.8 Å². The smallest absolute Gasteiger partial charge is 0.407 e. The molecule has 4 heteroatoms. The van der Waals surface area contributed by atoms with E-state index >= 15 is 0 Å². The summed E-state index contributed by atoms with van der Waals surface area (Å²) in [6.45, 7) is 2.85. The normalized spacial score (nSPS) is 12.6. The van der Waals surface area contributed by atoms with E-state index in [1.165, 1.54) is 22.3 Å². The molecule has 0 aliphatic heterocycles. The van der Waals surface area contributed by atoms with Crippen LogP contribution in [0, 0.1) is 6.92 Å². The van der Waals surface area contributed by atoms with Crippen LogP contribution in [0.5, 0.6) is 0 Å². The van der Waals surface area contributed by atoms with E-state index in [9.17, 15) is 9.90 Å². The summed E-state index contributed by atoms with van der Waals surface area (Å²) in [7, 11) is 0. The first-order chi connectivity index (χ1) is 15.2. The van der Waals surface area contributed by atoms with E-state index in [1.807, 2.05) is 61.5 Å².